The fourth-order valence-corrected chi connectivity index (χ4v) is 3.22. The van der Waals surface area contributed by atoms with Gasteiger partial charge < -0.3 is 9.84 Å². The third kappa shape index (κ3) is 3.08. The van der Waals surface area contributed by atoms with Gasteiger partial charge in [0.05, 0.1) is 13.2 Å². The van der Waals surface area contributed by atoms with E-state index in [1.807, 2.05) is 11.8 Å². The van der Waals surface area contributed by atoms with Gasteiger partial charge in [0, 0.05) is 22.2 Å². The van der Waals surface area contributed by atoms with Gasteiger partial charge in [0.25, 0.3) is 0 Å². The molecule has 1 N–H and O–H groups in total. The molecule has 1 aromatic carbocycles. The van der Waals surface area contributed by atoms with Gasteiger partial charge in [0.1, 0.15) is 0 Å². The first-order chi connectivity index (χ1) is 8.66. The minimum absolute atomic E-state index is 0.157. The molecule has 1 aromatic rings. The maximum absolute atomic E-state index is 9.00. The van der Waals surface area contributed by atoms with Crippen molar-refractivity contribution in [1.82, 2.24) is 0 Å². The van der Waals surface area contributed by atoms with Gasteiger partial charge in [-0.05, 0) is 30.5 Å². The summed E-state index contributed by atoms with van der Waals surface area (Å²) in [5.41, 5.74) is 1.51. The van der Waals surface area contributed by atoms with Crippen LogP contribution in [0.15, 0.2) is 29.2 Å². The molecular formula is C15H22O2S. The number of aliphatic hydroxyl groups is 1. The predicted molar refractivity (Wildman–Crippen MR) is 76.3 cm³/mol. The highest BCUT2D eigenvalue weighted by Crippen LogP contribution is 2.37. The highest BCUT2D eigenvalue weighted by Gasteiger charge is 2.39. The van der Waals surface area contributed by atoms with Crippen LogP contribution in [0.1, 0.15) is 32.3 Å². The van der Waals surface area contributed by atoms with Crippen LogP contribution >= 0.6 is 11.8 Å². The van der Waals surface area contributed by atoms with E-state index in [-0.39, 0.29) is 12.0 Å². The summed E-state index contributed by atoms with van der Waals surface area (Å²) in [6.45, 7) is 6.28. The van der Waals surface area contributed by atoms with E-state index in [2.05, 4.69) is 38.1 Å². The molecule has 1 aliphatic rings. The van der Waals surface area contributed by atoms with E-state index in [9.17, 15) is 0 Å². The lowest BCUT2D eigenvalue weighted by atomic mass is 9.75. The van der Waals surface area contributed by atoms with Crippen LogP contribution in [0.25, 0.3) is 0 Å². The standard InChI is InChI=1S/C15H22O2S/c1-12(2)18-14-6-4-13(5-7-14)15(8-3-9-16)10-17-11-15/h4-7,12,16H,3,8-11H2,1-2H3. The summed E-state index contributed by atoms with van der Waals surface area (Å²) in [6.07, 6.45) is 1.87. The number of aliphatic hydroxyl groups excluding tert-OH is 1. The van der Waals surface area contributed by atoms with Crippen molar-refractivity contribution in [3.8, 4) is 0 Å². The lowest BCUT2D eigenvalue weighted by Crippen LogP contribution is -2.46. The zero-order chi connectivity index (χ0) is 13.0. The van der Waals surface area contributed by atoms with Gasteiger partial charge in [0.2, 0.25) is 0 Å². The van der Waals surface area contributed by atoms with Gasteiger partial charge in [-0.25, -0.2) is 0 Å². The van der Waals surface area contributed by atoms with Gasteiger partial charge in [-0.15, -0.1) is 11.8 Å². The fourth-order valence-electron chi connectivity index (χ4n) is 2.38. The lowest BCUT2D eigenvalue weighted by Gasteiger charge is -2.42. The second kappa shape index (κ2) is 6.09. The molecule has 0 amide bonds. The van der Waals surface area contributed by atoms with Crippen LogP contribution in [-0.2, 0) is 10.2 Å². The van der Waals surface area contributed by atoms with E-state index in [4.69, 9.17) is 9.84 Å². The summed E-state index contributed by atoms with van der Waals surface area (Å²) in [6, 6.07) is 8.87. The fraction of sp³-hybridized carbons (Fsp3) is 0.600. The molecule has 2 rings (SSSR count). The Morgan fingerprint density at radius 1 is 1.28 bits per heavy atom. The van der Waals surface area contributed by atoms with Crippen molar-refractivity contribution >= 4 is 11.8 Å². The first kappa shape index (κ1) is 13.9. The van der Waals surface area contributed by atoms with Gasteiger partial charge >= 0.3 is 0 Å². The maximum Gasteiger partial charge on any atom is 0.0585 e. The Balaban J connectivity index is 2.07. The number of benzene rings is 1. The van der Waals surface area contributed by atoms with E-state index in [1.54, 1.807) is 0 Å². The predicted octanol–water partition coefficient (Wildman–Crippen LogP) is 3.23. The first-order valence-electron chi connectivity index (χ1n) is 6.62. The normalized spacial score (nSPS) is 17.8. The summed E-state index contributed by atoms with van der Waals surface area (Å²) in [5.74, 6) is 0. The number of hydrogen-bond acceptors (Lipinski definition) is 3. The Bertz CT molecular complexity index is 369. The second-order valence-corrected chi connectivity index (χ2v) is 6.94. The Morgan fingerprint density at radius 2 is 1.94 bits per heavy atom. The Morgan fingerprint density at radius 3 is 2.39 bits per heavy atom. The minimum Gasteiger partial charge on any atom is -0.396 e. The molecule has 1 fully saturated rings. The molecule has 100 valence electrons. The quantitative estimate of drug-likeness (QED) is 0.802. The largest absolute Gasteiger partial charge is 0.396 e. The maximum atomic E-state index is 9.00. The zero-order valence-corrected chi connectivity index (χ0v) is 12.0. The summed E-state index contributed by atoms with van der Waals surface area (Å²) >= 11 is 1.89. The molecule has 0 aliphatic carbocycles. The molecular weight excluding hydrogens is 244 g/mol. The molecule has 3 heteroatoms. The van der Waals surface area contributed by atoms with Crippen LogP contribution in [0, 0.1) is 0 Å². The average molecular weight is 266 g/mol. The van der Waals surface area contributed by atoms with E-state index in [0.29, 0.717) is 5.25 Å². The molecule has 1 saturated heterocycles. The molecule has 0 spiro atoms. The molecule has 1 aliphatic heterocycles. The third-order valence-corrected chi connectivity index (χ3v) is 4.42. The molecule has 2 nitrogen and oxygen atoms in total. The monoisotopic (exact) mass is 266 g/mol. The highest BCUT2D eigenvalue weighted by molar-refractivity contribution is 7.99. The van der Waals surface area contributed by atoms with Crippen molar-refractivity contribution in [3.05, 3.63) is 29.8 Å². The van der Waals surface area contributed by atoms with E-state index in [0.717, 1.165) is 26.1 Å². The van der Waals surface area contributed by atoms with Gasteiger partial charge in [-0.2, -0.15) is 0 Å². The molecule has 0 saturated carbocycles. The summed E-state index contributed by atoms with van der Waals surface area (Å²) in [5, 5.41) is 9.61. The van der Waals surface area contributed by atoms with Crippen molar-refractivity contribution in [2.45, 2.75) is 42.2 Å². The molecule has 0 atom stereocenters. The number of ether oxygens (including phenoxy) is 1. The molecule has 0 bridgehead atoms. The minimum atomic E-state index is 0.157. The van der Waals surface area contributed by atoms with E-state index >= 15 is 0 Å². The summed E-state index contributed by atoms with van der Waals surface area (Å²) in [4.78, 5) is 1.33. The van der Waals surface area contributed by atoms with Crippen molar-refractivity contribution in [1.29, 1.82) is 0 Å². The van der Waals surface area contributed by atoms with Crippen molar-refractivity contribution in [3.63, 3.8) is 0 Å². The van der Waals surface area contributed by atoms with Gasteiger partial charge in [0.15, 0.2) is 0 Å². The Labute approximate surface area is 114 Å². The summed E-state index contributed by atoms with van der Waals surface area (Å²) < 4.78 is 5.40. The van der Waals surface area contributed by atoms with E-state index < -0.39 is 0 Å². The number of hydrogen-bond donors (Lipinski definition) is 1. The first-order valence-corrected chi connectivity index (χ1v) is 7.50. The van der Waals surface area contributed by atoms with E-state index in [1.165, 1.54) is 10.5 Å². The third-order valence-electron chi connectivity index (χ3n) is 3.41. The van der Waals surface area contributed by atoms with Crippen molar-refractivity contribution in [2.75, 3.05) is 19.8 Å². The van der Waals surface area contributed by atoms with Crippen LogP contribution in [0.3, 0.4) is 0 Å². The van der Waals surface area contributed by atoms with Crippen molar-refractivity contribution < 1.29 is 9.84 Å². The number of thioether (sulfide) groups is 1. The zero-order valence-electron chi connectivity index (χ0n) is 11.2. The van der Waals surface area contributed by atoms with Crippen molar-refractivity contribution in [2.24, 2.45) is 0 Å². The number of rotatable bonds is 6. The lowest BCUT2D eigenvalue weighted by molar-refractivity contribution is -0.0665. The van der Waals surface area contributed by atoms with Gasteiger partial charge in [-0.3, -0.25) is 0 Å². The van der Waals surface area contributed by atoms with Crippen LogP contribution in [0.5, 0.6) is 0 Å². The molecule has 1 heterocycles. The Hall–Kier alpha value is -0.510. The van der Waals surface area contributed by atoms with Crippen LogP contribution in [-0.4, -0.2) is 30.2 Å². The molecule has 0 unspecified atom stereocenters. The molecule has 18 heavy (non-hydrogen) atoms. The molecule has 0 aromatic heterocycles. The SMILES string of the molecule is CC(C)Sc1ccc(C2(CCCO)COC2)cc1. The highest BCUT2D eigenvalue weighted by atomic mass is 32.2. The Kier molecular flexibility index (Phi) is 4.71. The van der Waals surface area contributed by atoms with Crippen LogP contribution in [0.4, 0.5) is 0 Å². The smallest absolute Gasteiger partial charge is 0.0585 e. The van der Waals surface area contributed by atoms with Crippen LogP contribution < -0.4 is 0 Å². The van der Waals surface area contributed by atoms with Gasteiger partial charge in [-0.1, -0.05) is 26.0 Å². The van der Waals surface area contributed by atoms with Crippen LogP contribution in [0.2, 0.25) is 0 Å². The summed E-state index contributed by atoms with van der Waals surface area (Å²) in [7, 11) is 0. The molecule has 0 radical (unpaired) electrons. The topological polar surface area (TPSA) is 29.5 Å². The second-order valence-electron chi connectivity index (χ2n) is 5.29. The average Bonchev–Trinajstić information content (AvgIpc) is 2.29.